The van der Waals surface area contributed by atoms with Gasteiger partial charge >= 0.3 is 0 Å². The summed E-state index contributed by atoms with van der Waals surface area (Å²) in [6.45, 7) is 9.29. The molecule has 12 nitrogen and oxygen atoms in total. The molecule has 0 saturated heterocycles. The highest BCUT2D eigenvalue weighted by Crippen LogP contribution is 2.62. The average Bonchev–Trinajstić information content (AvgIpc) is 3.71. The third-order valence-electron chi connectivity index (χ3n) is 11.9. The molecule has 0 bridgehead atoms. The van der Waals surface area contributed by atoms with Crippen LogP contribution in [0.3, 0.4) is 0 Å². The summed E-state index contributed by atoms with van der Waals surface area (Å²) in [6.07, 6.45) is 9.79. The smallest absolute Gasteiger partial charge is 0.254 e. The number of oxime groups is 1. The number of ether oxygens (including phenoxy) is 5. The lowest BCUT2D eigenvalue weighted by atomic mass is 9.55. The number of aromatic nitrogens is 1. The lowest BCUT2D eigenvalue weighted by Crippen LogP contribution is -2.70. The van der Waals surface area contributed by atoms with E-state index >= 15 is 0 Å². The molecule has 6 atom stereocenters. The predicted octanol–water partition coefficient (Wildman–Crippen LogP) is 7.51. The third-order valence-corrected chi connectivity index (χ3v) is 11.9. The number of carbonyl (C=O) groups is 1. The predicted molar refractivity (Wildman–Crippen MR) is 219 cm³/mol. The summed E-state index contributed by atoms with van der Waals surface area (Å²) in [5.41, 5.74) is 4.93. The quantitative estimate of drug-likeness (QED) is 0.0712. The van der Waals surface area contributed by atoms with Gasteiger partial charge in [-0.05, 0) is 105 Å². The topological polar surface area (TPSA) is 141 Å². The largest absolute Gasteiger partial charge is 0.487 e. The monoisotopic (exact) mass is 795 g/mol. The molecular weight excluding hydrogens is 739 g/mol. The maximum atomic E-state index is 14.9. The zero-order valence-corrected chi connectivity index (χ0v) is 33.9. The van der Waals surface area contributed by atoms with E-state index in [1.54, 1.807) is 31.4 Å². The van der Waals surface area contributed by atoms with E-state index in [9.17, 15) is 15.0 Å². The molecule has 0 radical (unpaired) electrons. The number of carbonyl (C=O) groups excluding carboxylic acids is 1. The lowest BCUT2D eigenvalue weighted by molar-refractivity contribution is -0.254. The van der Waals surface area contributed by atoms with Crippen LogP contribution in [-0.2, 0) is 16.2 Å². The summed E-state index contributed by atoms with van der Waals surface area (Å²) in [6, 6.07) is 16.5. The Morgan fingerprint density at radius 3 is 2.59 bits per heavy atom. The maximum absolute atomic E-state index is 14.9. The van der Waals surface area contributed by atoms with Crippen molar-refractivity contribution in [2.45, 2.75) is 89.6 Å². The molecule has 4 aliphatic rings. The molecule has 3 aromatic rings. The minimum Gasteiger partial charge on any atom is -0.487 e. The summed E-state index contributed by atoms with van der Waals surface area (Å²) < 4.78 is 32.1. The molecule has 7 rings (SSSR count). The molecule has 1 saturated carbocycles. The molecule has 1 amide bonds. The molecule has 58 heavy (non-hydrogen) atoms. The van der Waals surface area contributed by atoms with Crippen LogP contribution in [0.1, 0.15) is 91.5 Å². The average molecular weight is 796 g/mol. The number of amides is 1. The van der Waals surface area contributed by atoms with Gasteiger partial charge in [0.05, 0.1) is 23.9 Å². The van der Waals surface area contributed by atoms with Crippen molar-refractivity contribution in [2.75, 3.05) is 40.3 Å². The van der Waals surface area contributed by atoms with E-state index in [-0.39, 0.29) is 50.3 Å². The SMILES string of the molecule is C=CCOC12Oc3ccc(OCc4cccc(C)n4)cc3C3C(CCCCO)C(CCCCO)C=C(C(=NOC)CC1N(CCC)C(=O)c1ccc4c(c1)OCO4)C32. The zero-order chi connectivity index (χ0) is 40.6. The number of aliphatic hydroxyl groups excluding tert-OH is 2. The Labute approximate surface area is 341 Å². The van der Waals surface area contributed by atoms with Crippen molar-refractivity contribution in [2.24, 2.45) is 22.9 Å². The number of rotatable bonds is 19. The van der Waals surface area contributed by atoms with Gasteiger partial charge in [0.2, 0.25) is 12.6 Å². The number of hydrogen-bond donors (Lipinski definition) is 2. The van der Waals surface area contributed by atoms with Crippen LogP contribution >= 0.6 is 0 Å². The van der Waals surface area contributed by atoms with E-state index in [0.29, 0.717) is 67.4 Å². The standard InChI is InChI=1S/C46H57N3O9/c1-5-20-49(45(52)32-16-18-40-41(25-32)56-29-55-40)42-27-38(48-53-4)36-24-31(13-7-9-21-50)35(15-8-10-22-51)43-37-26-34(54-28-33-14-11-12-30(3)47-33)17-19-39(37)58-46(42,44(36)43)57-23-6-2/h6,11-12,14,16-19,24-26,31,35,42-44,50-51H,2,5,7-10,13,15,20-23,27-29H2,1,3-4H3. The Balaban J connectivity index is 1.40. The highest BCUT2D eigenvalue weighted by molar-refractivity contribution is 6.03. The Bertz CT molecular complexity index is 1980. The van der Waals surface area contributed by atoms with Crippen LogP contribution in [0.4, 0.5) is 0 Å². The molecule has 2 N–H and O–H groups in total. The lowest BCUT2D eigenvalue weighted by Gasteiger charge is -2.60. The first-order valence-electron chi connectivity index (χ1n) is 20.7. The van der Waals surface area contributed by atoms with Gasteiger partial charge in [-0.15, -0.1) is 6.58 Å². The number of aryl methyl sites for hydroxylation is 1. The second-order valence-electron chi connectivity index (χ2n) is 15.6. The van der Waals surface area contributed by atoms with Crippen LogP contribution in [0, 0.1) is 24.7 Å². The van der Waals surface area contributed by atoms with Gasteiger partial charge in [-0.25, -0.2) is 0 Å². The minimum absolute atomic E-state index is 0.0915. The van der Waals surface area contributed by atoms with Crippen molar-refractivity contribution in [3.63, 3.8) is 0 Å². The van der Waals surface area contributed by atoms with E-state index in [1.165, 1.54) is 0 Å². The first kappa shape index (κ1) is 41.3. The number of benzene rings is 2. The van der Waals surface area contributed by atoms with E-state index in [4.69, 9.17) is 33.7 Å². The van der Waals surface area contributed by atoms with Crippen LogP contribution in [0.25, 0.3) is 0 Å². The van der Waals surface area contributed by atoms with Gasteiger partial charge in [0.1, 0.15) is 31.3 Å². The fourth-order valence-electron chi connectivity index (χ4n) is 9.52. The van der Waals surface area contributed by atoms with Gasteiger partial charge < -0.3 is 43.6 Å². The fraction of sp³-hybridized carbons (Fsp3) is 0.500. The third kappa shape index (κ3) is 8.32. The molecular formula is C46H57N3O9. The maximum Gasteiger partial charge on any atom is 0.254 e. The molecule has 6 unspecified atom stereocenters. The van der Waals surface area contributed by atoms with Gasteiger partial charge in [-0.1, -0.05) is 43.1 Å². The van der Waals surface area contributed by atoms with Gasteiger partial charge in [0, 0.05) is 48.9 Å². The van der Waals surface area contributed by atoms with E-state index in [2.05, 4.69) is 30.6 Å². The van der Waals surface area contributed by atoms with Gasteiger partial charge in [0.25, 0.3) is 5.91 Å². The van der Waals surface area contributed by atoms with Crippen molar-refractivity contribution < 1.29 is 43.5 Å². The first-order valence-corrected chi connectivity index (χ1v) is 20.7. The van der Waals surface area contributed by atoms with Crippen molar-refractivity contribution in [3.8, 4) is 23.0 Å². The molecule has 310 valence electrons. The summed E-state index contributed by atoms with van der Waals surface area (Å²) in [5, 5.41) is 24.5. The number of pyridine rings is 1. The van der Waals surface area contributed by atoms with Crippen molar-refractivity contribution in [1.82, 2.24) is 9.88 Å². The number of nitrogens with zero attached hydrogens (tertiary/aromatic N) is 3. The summed E-state index contributed by atoms with van der Waals surface area (Å²) >= 11 is 0. The second kappa shape index (κ2) is 18.8. The summed E-state index contributed by atoms with van der Waals surface area (Å²) in [7, 11) is 1.55. The van der Waals surface area contributed by atoms with E-state index < -0.39 is 17.7 Å². The molecule has 2 aliphatic carbocycles. The van der Waals surface area contributed by atoms with Crippen molar-refractivity contribution >= 4 is 11.6 Å². The summed E-state index contributed by atoms with van der Waals surface area (Å²) in [5.74, 6) is 0.564. The second-order valence-corrected chi connectivity index (χ2v) is 15.6. The molecule has 1 fully saturated rings. The van der Waals surface area contributed by atoms with Gasteiger partial charge in [-0.3, -0.25) is 9.78 Å². The normalized spacial score (nSPS) is 24.6. The molecule has 12 heteroatoms. The number of hydrogen-bond acceptors (Lipinski definition) is 11. The van der Waals surface area contributed by atoms with E-state index in [1.807, 2.05) is 42.2 Å². The zero-order valence-electron chi connectivity index (χ0n) is 33.9. The van der Waals surface area contributed by atoms with Crippen LogP contribution < -0.4 is 18.9 Å². The number of allylic oxidation sites excluding steroid dienone is 1. The highest BCUT2D eigenvalue weighted by atomic mass is 16.7. The van der Waals surface area contributed by atoms with Crippen LogP contribution in [0.2, 0.25) is 0 Å². The first-order chi connectivity index (χ1) is 28.3. The Morgan fingerprint density at radius 2 is 1.83 bits per heavy atom. The number of unbranched alkanes of at least 4 members (excludes halogenated alkanes) is 2. The van der Waals surface area contributed by atoms with Crippen LogP contribution in [0.15, 0.2) is 84.1 Å². The molecule has 1 aromatic heterocycles. The summed E-state index contributed by atoms with van der Waals surface area (Å²) in [4.78, 5) is 27.0. The number of fused-ring (bicyclic) bond motifs is 3. The number of aliphatic hydroxyl groups is 2. The fourth-order valence-corrected chi connectivity index (χ4v) is 9.52. The van der Waals surface area contributed by atoms with Crippen molar-refractivity contribution in [1.29, 1.82) is 0 Å². The molecule has 2 aromatic carbocycles. The molecule has 0 spiro atoms. The highest BCUT2D eigenvalue weighted by Gasteiger charge is 2.65. The van der Waals surface area contributed by atoms with Gasteiger partial charge in [0.15, 0.2) is 11.5 Å². The van der Waals surface area contributed by atoms with Gasteiger partial charge in [-0.2, -0.15) is 0 Å². The van der Waals surface area contributed by atoms with Crippen LogP contribution in [0.5, 0.6) is 23.0 Å². The molecule has 2 aliphatic heterocycles. The Morgan fingerprint density at radius 1 is 1.03 bits per heavy atom. The molecule has 3 heterocycles. The Kier molecular flexibility index (Phi) is 13.4. The Hall–Kier alpha value is -4.91. The minimum atomic E-state index is -1.36. The van der Waals surface area contributed by atoms with Crippen molar-refractivity contribution in [3.05, 3.63) is 101 Å². The van der Waals surface area contributed by atoms with Crippen LogP contribution in [-0.4, -0.2) is 83.8 Å². The van der Waals surface area contributed by atoms with E-state index in [0.717, 1.165) is 53.9 Å².